The van der Waals surface area contributed by atoms with E-state index in [1.807, 2.05) is 6.92 Å². The SMILES string of the molecule is CCC(=O)C(CC)Cc1cc(C)ccc1C. The molecule has 16 heavy (non-hydrogen) atoms. The molecule has 0 heterocycles. The van der Waals surface area contributed by atoms with Gasteiger partial charge in [-0.15, -0.1) is 0 Å². The average molecular weight is 218 g/mol. The third-order valence-electron chi connectivity index (χ3n) is 3.27. The Labute approximate surface area is 98.9 Å². The van der Waals surface area contributed by atoms with Crippen LogP contribution in [-0.4, -0.2) is 5.78 Å². The van der Waals surface area contributed by atoms with Crippen LogP contribution in [0.1, 0.15) is 43.4 Å². The number of hydrogen-bond donors (Lipinski definition) is 0. The Hall–Kier alpha value is -1.11. The lowest BCUT2D eigenvalue weighted by Gasteiger charge is -2.15. The summed E-state index contributed by atoms with van der Waals surface area (Å²) < 4.78 is 0. The van der Waals surface area contributed by atoms with Gasteiger partial charge in [-0.25, -0.2) is 0 Å². The minimum atomic E-state index is 0.200. The van der Waals surface area contributed by atoms with Gasteiger partial charge in [-0.3, -0.25) is 4.79 Å². The largest absolute Gasteiger partial charge is 0.299 e. The lowest BCUT2D eigenvalue weighted by Crippen LogP contribution is -2.15. The molecule has 0 aromatic heterocycles. The molecule has 0 radical (unpaired) electrons. The van der Waals surface area contributed by atoms with Crippen molar-refractivity contribution in [3.05, 3.63) is 34.9 Å². The van der Waals surface area contributed by atoms with Gasteiger partial charge < -0.3 is 0 Å². The van der Waals surface area contributed by atoms with Crippen molar-refractivity contribution in [3.8, 4) is 0 Å². The third-order valence-corrected chi connectivity index (χ3v) is 3.27. The highest BCUT2D eigenvalue weighted by Crippen LogP contribution is 2.19. The second-order valence-corrected chi connectivity index (χ2v) is 4.56. The van der Waals surface area contributed by atoms with Crippen molar-refractivity contribution in [2.75, 3.05) is 0 Å². The van der Waals surface area contributed by atoms with Crippen molar-refractivity contribution in [1.29, 1.82) is 0 Å². The summed E-state index contributed by atoms with van der Waals surface area (Å²) in [6.07, 6.45) is 2.50. The van der Waals surface area contributed by atoms with Crippen LogP contribution in [0.4, 0.5) is 0 Å². The van der Waals surface area contributed by atoms with Gasteiger partial charge in [-0.1, -0.05) is 37.6 Å². The Bertz CT molecular complexity index is 366. The van der Waals surface area contributed by atoms with Crippen molar-refractivity contribution in [3.63, 3.8) is 0 Å². The van der Waals surface area contributed by atoms with E-state index in [1.54, 1.807) is 0 Å². The number of rotatable bonds is 5. The first-order chi connectivity index (χ1) is 7.58. The molecular formula is C15H22O. The summed E-state index contributed by atoms with van der Waals surface area (Å²) in [5, 5.41) is 0. The molecule has 1 unspecified atom stereocenters. The van der Waals surface area contributed by atoms with Crippen LogP contribution in [0, 0.1) is 19.8 Å². The van der Waals surface area contributed by atoms with Crippen LogP contribution in [0.3, 0.4) is 0 Å². The first-order valence-electron chi connectivity index (χ1n) is 6.17. The summed E-state index contributed by atoms with van der Waals surface area (Å²) in [5.74, 6) is 0.592. The lowest BCUT2D eigenvalue weighted by atomic mass is 9.89. The molecule has 1 nitrogen and oxygen atoms in total. The fourth-order valence-electron chi connectivity index (χ4n) is 2.06. The summed E-state index contributed by atoms with van der Waals surface area (Å²) in [5.41, 5.74) is 3.90. The molecule has 1 aromatic carbocycles. The summed E-state index contributed by atoms with van der Waals surface area (Å²) in [7, 11) is 0. The summed E-state index contributed by atoms with van der Waals surface area (Å²) in [4.78, 5) is 11.7. The number of Topliss-reactive ketones (excluding diaryl/α,β-unsaturated/α-hetero) is 1. The summed E-state index contributed by atoms with van der Waals surface area (Å²) in [6.45, 7) is 8.28. The van der Waals surface area contributed by atoms with E-state index in [2.05, 4.69) is 39.0 Å². The zero-order chi connectivity index (χ0) is 12.1. The van der Waals surface area contributed by atoms with E-state index < -0.39 is 0 Å². The molecule has 0 saturated carbocycles. The zero-order valence-electron chi connectivity index (χ0n) is 10.8. The van der Waals surface area contributed by atoms with Gasteiger partial charge in [-0.2, -0.15) is 0 Å². The number of aryl methyl sites for hydroxylation is 2. The van der Waals surface area contributed by atoms with E-state index in [0.29, 0.717) is 12.2 Å². The van der Waals surface area contributed by atoms with Gasteiger partial charge in [0.15, 0.2) is 0 Å². The van der Waals surface area contributed by atoms with Crippen LogP contribution in [-0.2, 0) is 11.2 Å². The van der Waals surface area contributed by atoms with Crippen LogP contribution in [0.15, 0.2) is 18.2 Å². The second kappa shape index (κ2) is 5.83. The van der Waals surface area contributed by atoms with Crippen LogP contribution in [0.25, 0.3) is 0 Å². The minimum absolute atomic E-state index is 0.200. The molecule has 1 rings (SSSR count). The normalized spacial score (nSPS) is 12.5. The maximum atomic E-state index is 11.7. The molecule has 0 aliphatic carbocycles. The highest BCUT2D eigenvalue weighted by Gasteiger charge is 2.15. The third kappa shape index (κ3) is 3.19. The number of carbonyl (C=O) groups is 1. The molecule has 0 fully saturated rings. The standard InChI is InChI=1S/C15H22O/c1-5-13(15(16)6-2)10-14-9-11(3)7-8-12(14)4/h7-9,13H,5-6,10H2,1-4H3. The van der Waals surface area contributed by atoms with Crippen molar-refractivity contribution in [1.82, 2.24) is 0 Å². The molecule has 1 aromatic rings. The molecule has 1 atom stereocenters. The maximum Gasteiger partial charge on any atom is 0.136 e. The Morgan fingerprint density at radius 2 is 1.94 bits per heavy atom. The van der Waals surface area contributed by atoms with E-state index in [9.17, 15) is 4.79 Å². The predicted molar refractivity (Wildman–Crippen MR) is 68.7 cm³/mol. The maximum absolute atomic E-state index is 11.7. The molecule has 0 aliphatic rings. The molecule has 0 saturated heterocycles. The summed E-state index contributed by atoms with van der Waals surface area (Å²) in [6, 6.07) is 6.48. The Morgan fingerprint density at radius 3 is 2.50 bits per heavy atom. The predicted octanol–water partition coefficient (Wildman–Crippen LogP) is 3.85. The molecule has 1 heteroatoms. The van der Waals surface area contributed by atoms with Gasteiger partial charge >= 0.3 is 0 Å². The Morgan fingerprint density at radius 1 is 1.25 bits per heavy atom. The number of carbonyl (C=O) groups excluding carboxylic acids is 1. The topological polar surface area (TPSA) is 17.1 Å². The smallest absolute Gasteiger partial charge is 0.136 e. The Kier molecular flexibility index (Phi) is 4.72. The van der Waals surface area contributed by atoms with Gasteiger partial charge in [0.25, 0.3) is 0 Å². The second-order valence-electron chi connectivity index (χ2n) is 4.56. The first kappa shape index (κ1) is 13.0. The van der Waals surface area contributed by atoms with Crippen molar-refractivity contribution in [2.45, 2.75) is 47.0 Å². The fraction of sp³-hybridized carbons (Fsp3) is 0.533. The molecule has 0 aliphatic heterocycles. The molecular weight excluding hydrogens is 196 g/mol. The van der Waals surface area contributed by atoms with Gasteiger partial charge in [0.1, 0.15) is 5.78 Å². The van der Waals surface area contributed by atoms with Gasteiger partial charge in [-0.05, 0) is 37.8 Å². The highest BCUT2D eigenvalue weighted by molar-refractivity contribution is 5.80. The lowest BCUT2D eigenvalue weighted by molar-refractivity contribution is -0.122. The van der Waals surface area contributed by atoms with Crippen molar-refractivity contribution in [2.24, 2.45) is 5.92 Å². The molecule has 88 valence electrons. The van der Waals surface area contributed by atoms with Crippen LogP contribution in [0.5, 0.6) is 0 Å². The van der Waals surface area contributed by atoms with Crippen LogP contribution < -0.4 is 0 Å². The monoisotopic (exact) mass is 218 g/mol. The van der Waals surface area contributed by atoms with Crippen molar-refractivity contribution >= 4 is 5.78 Å². The number of benzene rings is 1. The number of ketones is 1. The van der Waals surface area contributed by atoms with Gasteiger partial charge in [0.05, 0.1) is 0 Å². The van der Waals surface area contributed by atoms with Crippen LogP contribution >= 0.6 is 0 Å². The van der Waals surface area contributed by atoms with Gasteiger partial charge in [0.2, 0.25) is 0 Å². The van der Waals surface area contributed by atoms with Crippen LogP contribution in [0.2, 0.25) is 0 Å². The molecule has 0 spiro atoms. The van der Waals surface area contributed by atoms with Crippen molar-refractivity contribution < 1.29 is 4.79 Å². The van der Waals surface area contributed by atoms with E-state index in [-0.39, 0.29) is 5.92 Å². The average Bonchev–Trinajstić information content (AvgIpc) is 2.29. The molecule has 0 bridgehead atoms. The Balaban J connectivity index is 2.85. The number of hydrogen-bond acceptors (Lipinski definition) is 1. The fourth-order valence-corrected chi connectivity index (χ4v) is 2.06. The highest BCUT2D eigenvalue weighted by atomic mass is 16.1. The minimum Gasteiger partial charge on any atom is -0.299 e. The van der Waals surface area contributed by atoms with E-state index in [1.165, 1.54) is 16.7 Å². The van der Waals surface area contributed by atoms with Gasteiger partial charge in [0, 0.05) is 12.3 Å². The van der Waals surface area contributed by atoms with E-state index >= 15 is 0 Å². The summed E-state index contributed by atoms with van der Waals surface area (Å²) >= 11 is 0. The van der Waals surface area contributed by atoms with E-state index in [4.69, 9.17) is 0 Å². The molecule has 0 amide bonds. The first-order valence-corrected chi connectivity index (χ1v) is 6.17. The molecule has 0 N–H and O–H groups in total. The quantitative estimate of drug-likeness (QED) is 0.733. The zero-order valence-corrected chi connectivity index (χ0v) is 10.8. The van der Waals surface area contributed by atoms with E-state index in [0.717, 1.165) is 12.8 Å².